The number of rotatable bonds is 1. The summed E-state index contributed by atoms with van der Waals surface area (Å²) in [4.78, 5) is 10.1. The van der Waals surface area contributed by atoms with E-state index in [0.717, 1.165) is 9.99 Å². The molecule has 0 aliphatic carbocycles. The van der Waals surface area contributed by atoms with Crippen molar-refractivity contribution in [1.82, 2.24) is 9.97 Å². The lowest BCUT2D eigenvalue weighted by atomic mass is 10.1. The highest BCUT2D eigenvalue weighted by Crippen LogP contribution is 2.31. The van der Waals surface area contributed by atoms with Crippen LogP contribution >= 0.6 is 15.9 Å². The highest BCUT2D eigenvalue weighted by Gasteiger charge is 2.44. The fraction of sp³-hybridized carbons (Fsp3) is 0.273. The summed E-state index contributed by atoms with van der Waals surface area (Å²) in [6.45, 7) is -0.560. The molecule has 0 amide bonds. The van der Waals surface area contributed by atoms with E-state index in [2.05, 4.69) is 25.9 Å². The van der Waals surface area contributed by atoms with Gasteiger partial charge in [-0.05, 0) is 28.1 Å². The van der Waals surface area contributed by atoms with Crippen molar-refractivity contribution < 1.29 is 8.78 Å². The van der Waals surface area contributed by atoms with Crippen LogP contribution in [-0.2, 0) is 0 Å². The number of aromatic nitrogens is 2. The Morgan fingerprint density at radius 1 is 1.29 bits per heavy atom. The molecule has 1 fully saturated rings. The Balaban J connectivity index is 2.00. The smallest absolute Gasteiger partial charge is 0.282 e. The van der Waals surface area contributed by atoms with Crippen LogP contribution in [0.5, 0.6) is 0 Å². The van der Waals surface area contributed by atoms with Crippen molar-refractivity contribution in [2.75, 3.05) is 18.0 Å². The van der Waals surface area contributed by atoms with Gasteiger partial charge < -0.3 is 4.90 Å². The Hall–Kier alpha value is -1.30. The summed E-state index contributed by atoms with van der Waals surface area (Å²) in [5.41, 5.74) is 1.44. The quantitative estimate of drug-likeness (QED) is 0.811. The Morgan fingerprint density at radius 3 is 2.76 bits per heavy atom. The molecule has 0 saturated carbocycles. The molecule has 1 aromatic carbocycles. The van der Waals surface area contributed by atoms with E-state index >= 15 is 0 Å². The van der Waals surface area contributed by atoms with Crippen molar-refractivity contribution in [2.45, 2.75) is 5.92 Å². The van der Waals surface area contributed by atoms with Crippen LogP contribution in [0.1, 0.15) is 0 Å². The third kappa shape index (κ3) is 1.86. The minimum Gasteiger partial charge on any atom is -0.343 e. The van der Waals surface area contributed by atoms with E-state index in [1.54, 1.807) is 0 Å². The number of hydrogen-bond donors (Lipinski definition) is 0. The van der Waals surface area contributed by atoms with Crippen LogP contribution in [-0.4, -0.2) is 29.0 Å². The highest BCUT2D eigenvalue weighted by atomic mass is 79.9. The second kappa shape index (κ2) is 3.60. The van der Waals surface area contributed by atoms with E-state index in [1.807, 2.05) is 18.2 Å². The lowest BCUT2D eigenvalue weighted by Crippen LogP contribution is -2.56. The Bertz CT molecular complexity index is 580. The second-order valence-electron chi connectivity index (χ2n) is 4.05. The van der Waals surface area contributed by atoms with Crippen molar-refractivity contribution in [2.24, 2.45) is 0 Å². The molecular formula is C11H8BrF2N3. The molecular weight excluding hydrogens is 292 g/mol. The molecule has 2 aromatic rings. The number of halogens is 3. The average Bonchev–Trinajstić information content (AvgIpc) is 2.26. The largest absolute Gasteiger partial charge is 0.343 e. The molecule has 1 aliphatic heterocycles. The Labute approximate surface area is 105 Å². The zero-order valence-electron chi connectivity index (χ0n) is 8.70. The molecule has 2 heterocycles. The zero-order valence-corrected chi connectivity index (χ0v) is 10.3. The zero-order chi connectivity index (χ0) is 12.0. The Kier molecular flexibility index (Phi) is 2.29. The van der Waals surface area contributed by atoms with Gasteiger partial charge in [0.15, 0.2) is 0 Å². The van der Waals surface area contributed by atoms with Crippen LogP contribution in [0, 0.1) is 0 Å². The van der Waals surface area contributed by atoms with Gasteiger partial charge in [-0.3, -0.25) is 4.98 Å². The van der Waals surface area contributed by atoms with Crippen LogP contribution in [0.25, 0.3) is 11.0 Å². The first kappa shape index (κ1) is 10.8. The van der Waals surface area contributed by atoms with Gasteiger partial charge in [-0.25, -0.2) is 13.8 Å². The third-order valence-corrected chi connectivity index (χ3v) is 3.32. The van der Waals surface area contributed by atoms with Gasteiger partial charge in [0.25, 0.3) is 5.92 Å². The lowest BCUT2D eigenvalue weighted by molar-refractivity contribution is -0.0267. The van der Waals surface area contributed by atoms with E-state index in [1.165, 1.54) is 11.1 Å². The third-order valence-electron chi connectivity index (χ3n) is 2.68. The average molecular weight is 300 g/mol. The van der Waals surface area contributed by atoms with Crippen molar-refractivity contribution in [3.05, 3.63) is 28.9 Å². The monoisotopic (exact) mass is 299 g/mol. The lowest BCUT2D eigenvalue weighted by Gasteiger charge is -2.39. The minimum atomic E-state index is -2.59. The van der Waals surface area contributed by atoms with Crippen molar-refractivity contribution in [3.8, 4) is 0 Å². The topological polar surface area (TPSA) is 29.0 Å². The van der Waals surface area contributed by atoms with Gasteiger partial charge >= 0.3 is 0 Å². The van der Waals surface area contributed by atoms with E-state index in [-0.39, 0.29) is 13.1 Å². The molecule has 0 bridgehead atoms. The molecule has 1 aliphatic rings. The molecule has 0 atom stereocenters. The molecule has 0 unspecified atom stereocenters. The molecule has 3 rings (SSSR count). The van der Waals surface area contributed by atoms with E-state index < -0.39 is 5.92 Å². The standard InChI is InChI=1S/C11H8BrF2N3/c12-7-2-1-3-8-10(7)16-9(4-15-8)17-5-11(13,14)6-17/h1-4H,5-6H2. The van der Waals surface area contributed by atoms with Crippen LogP contribution in [0.3, 0.4) is 0 Å². The number of nitrogens with zero attached hydrogens (tertiary/aromatic N) is 3. The van der Waals surface area contributed by atoms with Crippen LogP contribution in [0.15, 0.2) is 28.9 Å². The maximum absolute atomic E-state index is 12.8. The summed E-state index contributed by atoms with van der Waals surface area (Å²) < 4.78 is 26.4. The van der Waals surface area contributed by atoms with Gasteiger partial charge in [-0.15, -0.1) is 0 Å². The van der Waals surface area contributed by atoms with E-state index in [4.69, 9.17) is 0 Å². The summed E-state index contributed by atoms with van der Waals surface area (Å²) in [6.07, 6.45) is 1.53. The normalized spacial score (nSPS) is 18.2. The number of alkyl halides is 2. The molecule has 3 nitrogen and oxygen atoms in total. The summed E-state index contributed by atoms with van der Waals surface area (Å²) in [5, 5.41) is 0. The fourth-order valence-corrected chi connectivity index (χ4v) is 2.26. The SMILES string of the molecule is FC1(F)CN(c2cnc3cccc(Br)c3n2)C1. The first-order valence-corrected chi connectivity index (χ1v) is 5.88. The highest BCUT2D eigenvalue weighted by molar-refractivity contribution is 9.10. The first-order valence-electron chi connectivity index (χ1n) is 5.09. The molecule has 17 heavy (non-hydrogen) atoms. The van der Waals surface area contributed by atoms with E-state index in [0.29, 0.717) is 11.3 Å². The van der Waals surface area contributed by atoms with Gasteiger partial charge in [-0.1, -0.05) is 6.07 Å². The molecule has 0 spiro atoms. The minimum absolute atomic E-state index is 0.280. The van der Waals surface area contributed by atoms with E-state index in [9.17, 15) is 8.78 Å². The first-order chi connectivity index (χ1) is 8.05. The molecule has 1 saturated heterocycles. The van der Waals surface area contributed by atoms with Crippen molar-refractivity contribution in [1.29, 1.82) is 0 Å². The number of para-hydroxylation sites is 1. The van der Waals surface area contributed by atoms with Gasteiger partial charge in [0, 0.05) is 4.47 Å². The molecule has 1 aromatic heterocycles. The van der Waals surface area contributed by atoms with Crippen LogP contribution in [0.2, 0.25) is 0 Å². The predicted octanol–water partition coefficient (Wildman–Crippen LogP) is 2.85. The second-order valence-corrected chi connectivity index (χ2v) is 4.90. The van der Waals surface area contributed by atoms with Gasteiger partial charge in [-0.2, -0.15) is 0 Å². The predicted molar refractivity (Wildman–Crippen MR) is 64.4 cm³/mol. The van der Waals surface area contributed by atoms with Gasteiger partial charge in [0.2, 0.25) is 0 Å². The summed E-state index contributed by atoms with van der Waals surface area (Å²) in [5.74, 6) is -2.10. The number of hydrogen-bond acceptors (Lipinski definition) is 3. The Morgan fingerprint density at radius 2 is 2.06 bits per heavy atom. The van der Waals surface area contributed by atoms with Crippen molar-refractivity contribution in [3.63, 3.8) is 0 Å². The maximum atomic E-state index is 12.8. The summed E-state index contributed by atoms with van der Waals surface area (Å²) in [7, 11) is 0. The molecule has 0 radical (unpaired) electrons. The van der Waals surface area contributed by atoms with Crippen LogP contribution in [0.4, 0.5) is 14.6 Å². The number of benzene rings is 1. The summed E-state index contributed by atoms with van der Waals surface area (Å²) >= 11 is 3.37. The maximum Gasteiger partial charge on any atom is 0.282 e. The van der Waals surface area contributed by atoms with Gasteiger partial charge in [0.05, 0.1) is 24.8 Å². The van der Waals surface area contributed by atoms with Crippen LogP contribution < -0.4 is 4.90 Å². The molecule has 6 heteroatoms. The molecule has 0 N–H and O–H groups in total. The number of fused-ring (bicyclic) bond motifs is 1. The van der Waals surface area contributed by atoms with Gasteiger partial charge in [0.1, 0.15) is 11.3 Å². The summed E-state index contributed by atoms with van der Waals surface area (Å²) in [6, 6.07) is 5.55. The van der Waals surface area contributed by atoms with Crippen molar-refractivity contribution >= 4 is 32.8 Å². The number of anilines is 1. The fourth-order valence-electron chi connectivity index (χ4n) is 1.82. The molecule has 88 valence electrons.